The number of nitrogens with two attached hydrogens (primary N) is 1. The van der Waals surface area contributed by atoms with Gasteiger partial charge < -0.3 is 11.1 Å². The number of hydrogen-bond acceptors (Lipinski definition) is 3. The highest BCUT2D eigenvalue weighted by atomic mass is 16.1. The fourth-order valence-electron chi connectivity index (χ4n) is 1.11. The van der Waals surface area contributed by atoms with Crippen molar-refractivity contribution in [3.8, 4) is 0 Å². The molecule has 0 aromatic carbocycles. The average Bonchev–Trinajstić information content (AvgIpc) is 2.47. The van der Waals surface area contributed by atoms with Gasteiger partial charge in [0.2, 0.25) is 5.91 Å². The SMILES string of the molecule is CC(N)CC(=O)NCc1ccn(C)n1. The van der Waals surface area contributed by atoms with E-state index in [9.17, 15) is 4.79 Å². The lowest BCUT2D eigenvalue weighted by molar-refractivity contribution is -0.121. The summed E-state index contributed by atoms with van der Waals surface area (Å²) in [6, 6.07) is 1.77. The van der Waals surface area contributed by atoms with Crippen LogP contribution in [0.3, 0.4) is 0 Å². The van der Waals surface area contributed by atoms with Crippen molar-refractivity contribution in [3.63, 3.8) is 0 Å². The summed E-state index contributed by atoms with van der Waals surface area (Å²) in [5.74, 6) is -0.0364. The summed E-state index contributed by atoms with van der Waals surface area (Å²) in [4.78, 5) is 11.2. The minimum Gasteiger partial charge on any atom is -0.350 e. The zero-order valence-electron chi connectivity index (χ0n) is 8.53. The largest absolute Gasteiger partial charge is 0.350 e. The Hall–Kier alpha value is -1.36. The zero-order valence-corrected chi connectivity index (χ0v) is 8.53. The van der Waals surface area contributed by atoms with Crippen molar-refractivity contribution in [2.45, 2.75) is 25.9 Å². The van der Waals surface area contributed by atoms with E-state index < -0.39 is 0 Å². The van der Waals surface area contributed by atoms with Crippen LogP contribution in [0.4, 0.5) is 0 Å². The highest BCUT2D eigenvalue weighted by Crippen LogP contribution is 1.94. The molecule has 1 aromatic heterocycles. The molecule has 1 amide bonds. The van der Waals surface area contributed by atoms with E-state index in [0.717, 1.165) is 5.69 Å². The number of nitrogens with zero attached hydrogens (tertiary/aromatic N) is 2. The smallest absolute Gasteiger partial charge is 0.221 e. The van der Waals surface area contributed by atoms with Crippen LogP contribution in [0.5, 0.6) is 0 Å². The molecule has 0 aliphatic heterocycles. The van der Waals surface area contributed by atoms with E-state index >= 15 is 0 Å². The second-order valence-electron chi connectivity index (χ2n) is 3.44. The molecule has 0 saturated heterocycles. The molecule has 14 heavy (non-hydrogen) atoms. The molecule has 1 atom stereocenters. The summed E-state index contributed by atoms with van der Waals surface area (Å²) < 4.78 is 1.70. The van der Waals surface area contributed by atoms with Crippen molar-refractivity contribution < 1.29 is 4.79 Å². The Morgan fingerprint density at radius 1 is 1.79 bits per heavy atom. The predicted octanol–water partition coefficient (Wildman–Crippen LogP) is -0.226. The number of carbonyl (C=O) groups is 1. The van der Waals surface area contributed by atoms with E-state index in [1.54, 1.807) is 11.6 Å². The first kappa shape index (κ1) is 10.7. The number of hydrogen-bond donors (Lipinski definition) is 2. The molecule has 0 aliphatic carbocycles. The van der Waals surface area contributed by atoms with E-state index in [4.69, 9.17) is 5.73 Å². The van der Waals surface area contributed by atoms with Crippen LogP contribution in [0.1, 0.15) is 19.0 Å². The summed E-state index contributed by atoms with van der Waals surface area (Å²) in [7, 11) is 1.84. The fourth-order valence-corrected chi connectivity index (χ4v) is 1.11. The molecular formula is C9H16N4O. The lowest BCUT2D eigenvalue weighted by Gasteiger charge is -2.05. The van der Waals surface area contributed by atoms with Crippen LogP contribution >= 0.6 is 0 Å². The van der Waals surface area contributed by atoms with Crippen LogP contribution in [0.15, 0.2) is 12.3 Å². The van der Waals surface area contributed by atoms with Crippen LogP contribution in [-0.2, 0) is 18.4 Å². The van der Waals surface area contributed by atoms with E-state index in [1.807, 2.05) is 19.3 Å². The minimum atomic E-state index is -0.0984. The first-order chi connectivity index (χ1) is 6.58. The molecular weight excluding hydrogens is 180 g/mol. The molecule has 0 radical (unpaired) electrons. The zero-order chi connectivity index (χ0) is 10.6. The van der Waals surface area contributed by atoms with Crippen molar-refractivity contribution in [1.82, 2.24) is 15.1 Å². The van der Waals surface area contributed by atoms with Crippen molar-refractivity contribution >= 4 is 5.91 Å². The monoisotopic (exact) mass is 196 g/mol. The summed E-state index contributed by atoms with van der Waals surface area (Å²) in [6.07, 6.45) is 2.19. The van der Waals surface area contributed by atoms with Crippen molar-refractivity contribution in [2.24, 2.45) is 12.8 Å². The van der Waals surface area contributed by atoms with Crippen molar-refractivity contribution in [2.75, 3.05) is 0 Å². The van der Waals surface area contributed by atoms with E-state index in [1.165, 1.54) is 0 Å². The van der Waals surface area contributed by atoms with Crippen LogP contribution in [0, 0.1) is 0 Å². The number of aryl methyl sites for hydroxylation is 1. The second kappa shape index (κ2) is 4.76. The van der Waals surface area contributed by atoms with Gasteiger partial charge in [0.15, 0.2) is 0 Å². The molecule has 1 heterocycles. The van der Waals surface area contributed by atoms with Gasteiger partial charge in [0, 0.05) is 25.7 Å². The molecule has 0 saturated carbocycles. The Balaban J connectivity index is 2.30. The minimum absolute atomic E-state index is 0.0364. The van der Waals surface area contributed by atoms with Gasteiger partial charge in [-0.15, -0.1) is 0 Å². The fraction of sp³-hybridized carbons (Fsp3) is 0.556. The van der Waals surface area contributed by atoms with Gasteiger partial charge in [-0.3, -0.25) is 9.48 Å². The van der Waals surface area contributed by atoms with Crippen LogP contribution < -0.4 is 11.1 Å². The summed E-state index contributed by atoms with van der Waals surface area (Å²) in [5, 5.41) is 6.88. The highest BCUT2D eigenvalue weighted by molar-refractivity contribution is 5.76. The molecule has 5 nitrogen and oxygen atoms in total. The first-order valence-corrected chi connectivity index (χ1v) is 4.58. The Kier molecular flexibility index (Phi) is 3.64. The Labute approximate surface area is 83.3 Å². The number of nitrogens with one attached hydrogen (secondary N) is 1. The third-order valence-electron chi connectivity index (χ3n) is 1.74. The first-order valence-electron chi connectivity index (χ1n) is 4.58. The van der Waals surface area contributed by atoms with Crippen LogP contribution in [0.25, 0.3) is 0 Å². The molecule has 5 heteroatoms. The number of amides is 1. The van der Waals surface area contributed by atoms with Crippen molar-refractivity contribution in [3.05, 3.63) is 18.0 Å². The van der Waals surface area contributed by atoms with Gasteiger partial charge in [-0.2, -0.15) is 5.10 Å². The van der Waals surface area contributed by atoms with Crippen LogP contribution in [-0.4, -0.2) is 21.7 Å². The van der Waals surface area contributed by atoms with Gasteiger partial charge in [0.25, 0.3) is 0 Å². The molecule has 0 spiro atoms. The lowest BCUT2D eigenvalue weighted by Crippen LogP contribution is -2.29. The van der Waals surface area contributed by atoms with Gasteiger partial charge >= 0.3 is 0 Å². The third kappa shape index (κ3) is 3.57. The topological polar surface area (TPSA) is 72.9 Å². The van der Waals surface area contributed by atoms with Gasteiger partial charge in [0.1, 0.15) is 0 Å². The van der Waals surface area contributed by atoms with E-state index in [-0.39, 0.29) is 11.9 Å². The molecule has 3 N–H and O–H groups in total. The maximum Gasteiger partial charge on any atom is 0.221 e. The summed E-state index contributed by atoms with van der Waals surface area (Å²) in [6.45, 7) is 2.27. The molecule has 1 aromatic rings. The molecule has 0 fully saturated rings. The standard InChI is InChI=1S/C9H16N4O/c1-7(10)5-9(14)11-6-8-3-4-13(2)12-8/h3-4,7H,5-6,10H2,1-2H3,(H,11,14). The Bertz CT molecular complexity index is 306. The second-order valence-corrected chi connectivity index (χ2v) is 3.44. The van der Waals surface area contributed by atoms with Crippen LogP contribution in [0.2, 0.25) is 0 Å². The number of rotatable bonds is 4. The van der Waals surface area contributed by atoms with E-state index in [2.05, 4.69) is 10.4 Å². The summed E-state index contributed by atoms with van der Waals surface area (Å²) in [5.41, 5.74) is 6.34. The Morgan fingerprint density at radius 3 is 3.00 bits per heavy atom. The quantitative estimate of drug-likeness (QED) is 0.699. The normalized spacial score (nSPS) is 12.5. The summed E-state index contributed by atoms with van der Waals surface area (Å²) >= 11 is 0. The number of carbonyl (C=O) groups excluding carboxylic acids is 1. The molecule has 0 aliphatic rings. The molecule has 0 bridgehead atoms. The van der Waals surface area contributed by atoms with E-state index in [0.29, 0.717) is 13.0 Å². The molecule has 78 valence electrons. The van der Waals surface area contributed by atoms with Crippen molar-refractivity contribution in [1.29, 1.82) is 0 Å². The predicted molar refractivity (Wildman–Crippen MR) is 53.3 cm³/mol. The maximum absolute atomic E-state index is 11.2. The molecule has 1 unspecified atom stereocenters. The average molecular weight is 196 g/mol. The van der Waals surface area contributed by atoms with Gasteiger partial charge in [-0.1, -0.05) is 0 Å². The lowest BCUT2D eigenvalue weighted by atomic mass is 10.2. The number of aromatic nitrogens is 2. The highest BCUT2D eigenvalue weighted by Gasteiger charge is 2.05. The maximum atomic E-state index is 11.2. The van der Waals surface area contributed by atoms with Gasteiger partial charge in [-0.05, 0) is 13.0 Å². The molecule has 1 rings (SSSR count). The van der Waals surface area contributed by atoms with Gasteiger partial charge in [-0.25, -0.2) is 0 Å². The third-order valence-corrected chi connectivity index (χ3v) is 1.74. The van der Waals surface area contributed by atoms with Gasteiger partial charge in [0.05, 0.1) is 12.2 Å². The Morgan fingerprint density at radius 2 is 2.50 bits per heavy atom.